The van der Waals surface area contributed by atoms with E-state index in [-0.39, 0.29) is 17.6 Å². The number of piperidine rings is 1. The zero-order valence-electron chi connectivity index (χ0n) is 11.6. The predicted molar refractivity (Wildman–Crippen MR) is 79.0 cm³/mol. The number of likely N-dealkylation sites (N-methyl/N-ethyl adjacent to an activating group) is 1. The number of amides is 1. The fourth-order valence-electron chi connectivity index (χ4n) is 2.49. The monoisotopic (exact) mass is 294 g/mol. The number of hydrogen-bond donors (Lipinski definition) is 1. The summed E-state index contributed by atoms with van der Waals surface area (Å²) in [6.07, 6.45) is 1.61. The van der Waals surface area contributed by atoms with Gasteiger partial charge in [0, 0.05) is 23.6 Å². The molecular formula is C15H19ClN2O2. The van der Waals surface area contributed by atoms with Gasteiger partial charge in [0.05, 0.1) is 6.54 Å². The first-order valence-corrected chi connectivity index (χ1v) is 7.20. The fraction of sp³-hybridized carbons (Fsp3) is 0.467. The van der Waals surface area contributed by atoms with E-state index in [9.17, 15) is 9.59 Å². The molecule has 1 heterocycles. The normalized spacial score (nSPS) is 16.9. The summed E-state index contributed by atoms with van der Waals surface area (Å²) in [5.41, 5.74) is 0.721. The van der Waals surface area contributed by atoms with Crippen molar-refractivity contribution in [2.45, 2.75) is 12.8 Å². The summed E-state index contributed by atoms with van der Waals surface area (Å²) < 4.78 is 0. The van der Waals surface area contributed by atoms with Crippen molar-refractivity contribution in [3.63, 3.8) is 0 Å². The number of halogens is 1. The fourth-order valence-corrected chi connectivity index (χ4v) is 2.61. The molecular weight excluding hydrogens is 276 g/mol. The molecule has 0 atom stereocenters. The van der Waals surface area contributed by atoms with Crippen molar-refractivity contribution in [2.24, 2.45) is 5.92 Å². The van der Waals surface area contributed by atoms with Gasteiger partial charge in [-0.25, -0.2) is 0 Å². The van der Waals surface area contributed by atoms with Crippen LogP contribution in [0.3, 0.4) is 0 Å². The molecule has 0 saturated carbocycles. The van der Waals surface area contributed by atoms with Gasteiger partial charge < -0.3 is 5.32 Å². The minimum Gasteiger partial charge on any atom is -0.358 e. The molecule has 4 nitrogen and oxygen atoms in total. The van der Waals surface area contributed by atoms with Crippen LogP contribution < -0.4 is 5.32 Å². The van der Waals surface area contributed by atoms with Crippen LogP contribution >= 0.6 is 11.6 Å². The second kappa shape index (κ2) is 6.86. The van der Waals surface area contributed by atoms with Gasteiger partial charge in [-0.3, -0.25) is 14.5 Å². The second-order valence-electron chi connectivity index (χ2n) is 5.09. The van der Waals surface area contributed by atoms with Gasteiger partial charge in [0.1, 0.15) is 0 Å². The number of Topliss-reactive ketones (excluding diaryl/α,β-unsaturated/α-hetero) is 1. The third-order valence-electron chi connectivity index (χ3n) is 3.73. The Kier molecular flexibility index (Phi) is 5.15. The van der Waals surface area contributed by atoms with Gasteiger partial charge in [-0.1, -0.05) is 11.6 Å². The van der Waals surface area contributed by atoms with Crippen LogP contribution in [0.1, 0.15) is 23.2 Å². The van der Waals surface area contributed by atoms with E-state index in [1.807, 2.05) is 0 Å². The average molecular weight is 295 g/mol. The molecule has 20 heavy (non-hydrogen) atoms. The molecule has 0 radical (unpaired) electrons. The number of carbonyl (C=O) groups is 2. The number of benzene rings is 1. The Morgan fingerprint density at radius 1 is 1.25 bits per heavy atom. The minimum absolute atomic E-state index is 0.0208. The Balaban J connectivity index is 1.88. The Morgan fingerprint density at radius 3 is 2.40 bits per heavy atom. The number of rotatable bonds is 4. The second-order valence-corrected chi connectivity index (χ2v) is 5.53. The topological polar surface area (TPSA) is 49.4 Å². The zero-order chi connectivity index (χ0) is 14.5. The molecule has 1 amide bonds. The summed E-state index contributed by atoms with van der Waals surface area (Å²) in [4.78, 5) is 25.8. The van der Waals surface area contributed by atoms with Crippen molar-refractivity contribution in [2.75, 3.05) is 26.7 Å². The first kappa shape index (κ1) is 15.0. The van der Waals surface area contributed by atoms with Gasteiger partial charge in [0.15, 0.2) is 5.78 Å². The number of nitrogens with one attached hydrogen (secondary N) is 1. The van der Waals surface area contributed by atoms with Crippen molar-refractivity contribution >= 4 is 23.3 Å². The van der Waals surface area contributed by atoms with E-state index in [2.05, 4.69) is 10.2 Å². The number of ketones is 1. The molecule has 1 aliphatic rings. The highest BCUT2D eigenvalue weighted by Crippen LogP contribution is 2.22. The van der Waals surface area contributed by atoms with Crippen LogP contribution in [0.25, 0.3) is 0 Å². The van der Waals surface area contributed by atoms with Crippen molar-refractivity contribution < 1.29 is 9.59 Å². The highest BCUT2D eigenvalue weighted by molar-refractivity contribution is 6.30. The third kappa shape index (κ3) is 3.81. The van der Waals surface area contributed by atoms with E-state index in [4.69, 9.17) is 11.6 Å². The van der Waals surface area contributed by atoms with E-state index >= 15 is 0 Å². The Labute approximate surface area is 124 Å². The quantitative estimate of drug-likeness (QED) is 0.864. The van der Waals surface area contributed by atoms with Crippen LogP contribution in [-0.4, -0.2) is 43.3 Å². The lowest BCUT2D eigenvalue weighted by atomic mass is 9.89. The van der Waals surface area contributed by atoms with Crippen molar-refractivity contribution in [3.05, 3.63) is 34.9 Å². The molecule has 1 aromatic rings. The minimum atomic E-state index is 0.0208. The standard InChI is InChI=1S/C15H19ClN2O2/c1-17-14(19)10-18-8-6-12(7-9-18)15(20)11-2-4-13(16)5-3-11/h2-5,12H,6-10H2,1H3,(H,17,19). The molecule has 1 N–H and O–H groups in total. The first-order chi connectivity index (χ1) is 9.60. The van der Waals surface area contributed by atoms with Gasteiger partial charge in [0.2, 0.25) is 5.91 Å². The van der Waals surface area contributed by atoms with Gasteiger partial charge in [-0.2, -0.15) is 0 Å². The molecule has 0 spiro atoms. The molecule has 5 heteroatoms. The third-order valence-corrected chi connectivity index (χ3v) is 3.99. The van der Waals surface area contributed by atoms with Crippen LogP contribution in [-0.2, 0) is 4.79 Å². The maximum atomic E-state index is 12.4. The smallest absolute Gasteiger partial charge is 0.233 e. The molecule has 0 aliphatic carbocycles. The number of likely N-dealkylation sites (tertiary alicyclic amines) is 1. The lowest BCUT2D eigenvalue weighted by Crippen LogP contribution is -2.41. The van der Waals surface area contributed by atoms with Crippen molar-refractivity contribution in [1.29, 1.82) is 0 Å². The van der Waals surface area contributed by atoms with Crippen LogP contribution in [0.2, 0.25) is 5.02 Å². The van der Waals surface area contributed by atoms with Crippen molar-refractivity contribution in [3.8, 4) is 0 Å². The predicted octanol–water partition coefficient (Wildman–Crippen LogP) is 1.98. The van der Waals surface area contributed by atoms with Crippen LogP contribution in [0, 0.1) is 5.92 Å². The van der Waals surface area contributed by atoms with Gasteiger partial charge >= 0.3 is 0 Å². The van der Waals surface area contributed by atoms with E-state index in [0.29, 0.717) is 11.6 Å². The Bertz CT molecular complexity index is 479. The highest BCUT2D eigenvalue weighted by Gasteiger charge is 2.26. The molecule has 0 unspecified atom stereocenters. The summed E-state index contributed by atoms with van der Waals surface area (Å²) in [7, 11) is 1.64. The Morgan fingerprint density at radius 2 is 1.85 bits per heavy atom. The summed E-state index contributed by atoms with van der Waals surface area (Å²) in [5, 5.41) is 3.26. The van der Waals surface area contributed by atoms with Crippen molar-refractivity contribution in [1.82, 2.24) is 10.2 Å². The molecule has 1 aromatic carbocycles. The number of nitrogens with zero attached hydrogens (tertiary/aromatic N) is 1. The first-order valence-electron chi connectivity index (χ1n) is 6.83. The molecule has 1 fully saturated rings. The zero-order valence-corrected chi connectivity index (χ0v) is 12.3. The number of hydrogen-bond acceptors (Lipinski definition) is 3. The average Bonchev–Trinajstić information content (AvgIpc) is 2.48. The molecule has 108 valence electrons. The van der Waals surface area contributed by atoms with Gasteiger partial charge in [-0.05, 0) is 50.2 Å². The van der Waals surface area contributed by atoms with E-state index in [0.717, 1.165) is 31.5 Å². The lowest BCUT2D eigenvalue weighted by molar-refractivity contribution is -0.122. The molecule has 0 aromatic heterocycles. The van der Waals surface area contributed by atoms with Crippen LogP contribution in [0.5, 0.6) is 0 Å². The van der Waals surface area contributed by atoms with Crippen LogP contribution in [0.15, 0.2) is 24.3 Å². The molecule has 2 rings (SSSR count). The summed E-state index contributed by atoms with van der Waals surface area (Å²) in [6, 6.07) is 7.05. The molecule has 1 saturated heterocycles. The van der Waals surface area contributed by atoms with E-state index in [1.54, 1.807) is 31.3 Å². The van der Waals surface area contributed by atoms with Gasteiger partial charge in [0.25, 0.3) is 0 Å². The maximum Gasteiger partial charge on any atom is 0.233 e. The number of carbonyl (C=O) groups excluding carboxylic acids is 2. The summed E-state index contributed by atoms with van der Waals surface area (Å²) in [6.45, 7) is 1.99. The molecule has 1 aliphatic heterocycles. The van der Waals surface area contributed by atoms with E-state index in [1.165, 1.54) is 0 Å². The van der Waals surface area contributed by atoms with E-state index < -0.39 is 0 Å². The largest absolute Gasteiger partial charge is 0.358 e. The SMILES string of the molecule is CNC(=O)CN1CCC(C(=O)c2ccc(Cl)cc2)CC1. The van der Waals surface area contributed by atoms with Gasteiger partial charge in [-0.15, -0.1) is 0 Å². The summed E-state index contributed by atoms with van der Waals surface area (Å²) >= 11 is 5.83. The maximum absolute atomic E-state index is 12.4. The molecule has 0 bridgehead atoms. The summed E-state index contributed by atoms with van der Waals surface area (Å²) in [5.74, 6) is 0.255. The lowest BCUT2D eigenvalue weighted by Gasteiger charge is -2.30. The Hall–Kier alpha value is -1.39. The van der Waals surface area contributed by atoms with Crippen LogP contribution in [0.4, 0.5) is 0 Å². The highest BCUT2D eigenvalue weighted by atomic mass is 35.5.